The van der Waals surface area contributed by atoms with E-state index in [2.05, 4.69) is 11.8 Å². The van der Waals surface area contributed by atoms with Crippen LogP contribution in [0.3, 0.4) is 0 Å². The van der Waals surface area contributed by atoms with Crippen LogP contribution in [0.4, 0.5) is 0 Å². The highest BCUT2D eigenvalue weighted by atomic mass is 16.3. The van der Waals surface area contributed by atoms with Crippen LogP contribution < -0.4 is 0 Å². The molecule has 0 aromatic heterocycles. The van der Waals surface area contributed by atoms with Gasteiger partial charge in [0.1, 0.15) is 0 Å². The summed E-state index contributed by atoms with van der Waals surface area (Å²) in [5.41, 5.74) is 0.277. The maximum atomic E-state index is 10.7. The van der Waals surface area contributed by atoms with Crippen molar-refractivity contribution in [1.29, 1.82) is 0 Å². The quantitative estimate of drug-likeness (QED) is 0.898. The number of likely N-dealkylation sites (tertiary alicyclic amines) is 1. The van der Waals surface area contributed by atoms with Gasteiger partial charge in [0, 0.05) is 6.54 Å². The van der Waals surface area contributed by atoms with Gasteiger partial charge in [-0.25, -0.2) is 0 Å². The van der Waals surface area contributed by atoms with Crippen molar-refractivity contribution in [3.8, 4) is 0 Å². The third kappa shape index (κ3) is 4.05. The van der Waals surface area contributed by atoms with Crippen LogP contribution in [0.5, 0.6) is 0 Å². The highest BCUT2D eigenvalue weighted by molar-refractivity contribution is 5.21. The lowest BCUT2D eigenvalue weighted by Crippen LogP contribution is -2.39. The van der Waals surface area contributed by atoms with Crippen molar-refractivity contribution in [3.63, 3.8) is 0 Å². The van der Waals surface area contributed by atoms with Crippen LogP contribution in [0.15, 0.2) is 30.3 Å². The monoisotopic (exact) mass is 261 g/mol. The molecular formula is C17H27NO. The molecule has 2 heteroatoms. The Morgan fingerprint density at radius 1 is 1.21 bits per heavy atom. The van der Waals surface area contributed by atoms with E-state index in [1.165, 1.54) is 25.7 Å². The first-order chi connectivity index (χ1) is 9.12. The van der Waals surface area contributed by atoms with Crippen molar-refractivity contribution in [1.82, 2.24) is 4.90 Å². The normalized spacial score (nSPS) is 24.7. The van der Waals surface area contributed by atoms with Gasteiger partial charge in [0.05, 0.1) is 5.60 Å². The first-order valence-corrected chi connectivity index (χ1v) is 7.62. The fraction of sp³-hybridized carbons (Fsp3) is 0.647. The molecule has 1 heterocycles. The van der Waals surface area contributed by atoms with E-state index in [0.717, 1.165) is 31.1 Å². The molecule has 2 rings (SSSR count). The molecule has 19 heavy (non-hydrogen) atoms. The highest BCUT2D eigenvalue weighted by Gasteiger charge is 2.27. The molecule has 0 amide bonds. The van der Waals surface area contributed by atoms with Crippen LogP contribution in [0.25, 0.3) is 0 Å². The first kappa shape index (κ1) is 14.5. The molecule has 2 nitrogen and oxygen atoms in total. The Morgan fingerprint density at radius 2 is 1.95 bits per heavy atom. The van der Waals surface area contributed by atoms with Gasteiger partial charge >= 0.3 is 0 Å². The standard InChI is InChI=1S/C17H27NO/c1-3-15-8-7-12-18(13-11-15)14-17(2,19)16-9-5-4-6-10-16/h4-6,9-10,15,19H,3,7-8,11-14H2,1-2H3. The Labute approximate surface area is 117 Å². The molecule has 0 spiro atoms. The van der Waals surface area contributed by atoms with Crippen molar-refractivity contribution in [3.05, 3.63) is 35.9 Å². The molecule has 1 aromatic rings. The summed E-state index contributed by atoms with van der Waals surface area (Å²) in [5, 5.41) is 10.7. The lowest BCUT2D eigenvalue weighted by molar-refractivity contribution is 0.0165. The zero-order chi connectivity index (χ0) is 13.7. The van der Waals surface area contributed by atoms with Gasteiger partial charge in [-0.05, 0) is 50.8 Å². The Bertz CT molecular complexity index is 374. The van der Waals surface area contributed by atoms with Crippen molar-refractivity contribution < 1.29 is 5.11 Å². The molecule has 1 N–H and O–H groups in total. The zero-order valence-electron chi connectivity index (χ0n) is 12.3. The van der Waals surface area contributed by atoms with Crippen molar-refractivity contribution in [2.75, 3.05) is 19.6 Å². The van der Waals surface area contributed by atoms with Gasteiger partial charge in [0.2, 0.25) is 0 Å². The molecule has 1 aromatic carbocycles. The van der Waals surface area contributed by atoms with E-state index >= 15 is 0 Å². The number of β-amino-alcohol motifs (C(OH)–C–C–N with tert-alkyl or cyclic N) is 1. The second-order valence-corrected chi connectivity index (χ2v) is 6.12. The van der Waals surface area contributed by atoms with E-state index in [-0.39, 0.29) is 0 Å². The lowest BCUT2D eigenvalue weighted by Gasteiger charge is -2.31. The van der Waals surface area contributed by atoms with Gasteiger partial charge in [-0.1, -0.05) is 43.7 Å². The van der Waals surface area contributed by atoms with Crippen LogP contribution in [-0.4, -0.2) is 29.6 Å². The highest BCUT2D eigenvalue weighted by Crippen LogP contribution is 2.25. The Hall–Kier alpha value is -0.860. The minimum absolute atomic E-state index is 0.743. The Balaban J connectivity index is 1.96. The van der Waals surface area contributed by atoms with E-state index in [0.29, 0.717) is 0 Å². The van der Waals surface area contributed by atoms with Crippen molar-refractivity contribution in [2.45, 2.75) is 45.1 Å². The summed E-state index contributed by atoms with van der Waals surface area (Å²) in [6, 6.07) is 10.0. The first-order valence-electron chi connectivity index (χ1n) is 7.62. The average molecular weight is 261 g/mol. The second-order valence-electron chi connectivity index (χ2n) is 6.12. The van der Waals surface area contributed by atoms with E-state index in [1.807, 2.05) is 37.3 Å². The van der Waals surface area contributed by atoms with Gasteiger partial charge in [-0.3, -0.25) is 0 Å². The third-order valence-corrected chi connectivity index (χ3v) is 4.44. The SMILES string of the molecule is CCC1CCCN(CC(C)(O)c2ccccc2)CC1. The summed E-state index contributed by atoms with van der Waals surface area (Å²) in [6.45, 7) is 7.22. The molecule has 1 aliphatic rings. The largest absolute Gasteiger partial charge is 0.384 e. The number of nitrogens with zero attached hydrogens (tertiary/aromatic N) is 1. The number of hydrogen-bond donors (Lipinski definition) is 1. The van der Waals surface area contributed by atoms with Gasteiger partial charge in [-0.15, -0.1) is 0 Å². The fourth-order valence-electron chi connectivity index (χ4n) is 3.12. The molecule has 2 unspecified atom stereocenters. The van der Waals surface area contributed by atoms with Crippen LogP contribution >= 0.6 is 0 Å². The van der Waals surface area contributed by atoms with E-state index in [4.69, 9.17) is 0 Å². The predicted molar refractivity (Wildman–Crippen MR) is 80.1 cm³/mol. The van der Waals surface area contributed by atoms with Crippen LogP contribution in [-0.2, 0) is 5.60 Å². The Kier molecular flexibility index (Phi) is 5.00. The third-order valence-electron chi connectivity index (χ3n) is 4.44. The van der Waals surface area contributed by atoms with E-state index < -0.39 is 5.60 Å². The summed E-state index contributed by atoms with van der Waals surface area (Å²) >= 11 is 0. The van der Waals surface area contributed by atoms with Gasteiger partial charge < -0.3 is 10.0 Å². The van der Waals surface area contributed by atoms with Crippen molar-refractivity contribution >= 4 is 0 Å². The molecule has 0 radical (unpaired) electrons. The van der Waals surface area contributed by atoms with Crippen LogP contribution in [0, 0.1) is 5.92 Å². The minimum Gasteiger partial charge on any atom is -0.384 e. The van der Waals surface area contributed by atoms with E-state index in [9.17, 15) is 5.11 Å². The average Bonchev–Trinajstić information content (AvgIpc) is 2.64. The fourth-order valence-corrected chi connectivity index (χ4v) is 3.12. The van der Waals surface area contributed by atoms with Crippen LogP contribution in [0.2, 0.25) is 0 Å². The molecule has 1 saturated heterocycles. The molecule has 106 valence electrons. The number of benzene rings is 1. The topological polar surface area (TPSA) is 23.5 Å². The molecule has 1 fully saturated rings. The maximum absolute atomic E-state index is 10.7. The summed E-state index contributed by atoms with van der Waals surface area (Å²) in [4.78, 5) is 2.43. The molecule has 0 saturated carbocycles. The summed E-state index contributed by atoms with van der Waals surface area (Å²) < 4.78 is 0. The number of rotatable bonds is 4. The van der Waals surface area contributed by atoms with Gasteiger partial charge in [-0.2, -0.15) is 0 Å². The summed E-state index contributed by atoms with van der Waals surface area (Å²) in [6.07, 6.45) is 5.19. The maximum Gasteiger partial charge on any atom is 0.0994 e. The van der Waals surface area contributed by atoms with E-state index in [1.54, 1.807) is 0 Å². The van der Waals surface area contributed by atoms with Gasteiger partial charge in [0.25, 0.3) is 0 Å². The molecule has 1 aliphatic heterocycles. The smallest absolute Gasteiger partial charge is 0.0994 e. The number of aliphatic hydroxyl groups is 1. The lowest BCUT2D eigenvalue weighted by atomic mass is 9.95. The minimum atomic E-state index is -0.743. The van der Waals surface area contributed by atoms with Crippen molar-refractivity contribution in [2.24, 2.45) is 5.92 Å². The summed E-state index contributed by atoms with van der Waals surface area (Å²) in [5.74, 6) is 0.881. The molecule has 0 aliphatic carbocycles. The molecule has 0 bridgehead atoms. The van der Waals surface area contributed by atoms with Gasteiger partial charge in [0.15, 0.2) is 0 Å². The second kappa shape index (κ2) is 6.53. The zero-order valence-corrected chi connectivity index (χ0v) is 12.3. The summed E-state index contributed by atoms with van der Waals surface area (Å²) in [7, 11) is 0. The molecule has 2 atom stereocenters. The predicted octanol–water partition coefficient (Wildman–Crippen LogP) is 3.41. The van der Waals surface area contributed by atoms with Crippen LogP contribution in [0.1, 0.15) is 45.1 Å². The molecular weight excluding hydrogens is 234 g/mol. The number of hydrogen-bond acceptors (Lipinski definition) is 2. The Morgan fingerprint density at radius 3 is 2.63 bits per heavy atom.